The molecule has 1 saturated heterocycles. The topological polar surface area (TPSA) is 79.1 Å². The van der Waals surface area contributed by atoms with Crippen molar-refractivity contribution in [2.24, 2.45) is 5.92 Å². The van der Waals surface area contributed by atoms with Crippen molar-refractivity contribution in [1.82, 2.24) is 14.9 Å². The fourth-order valence-electron chi connectivity index (χ4n) is 3.98. The van der Waals surface area contributed by atoms with E-state index in [1.807, 2.05) is 18.2 Å². The summed E-state index contributed by atoms with van der Waals surface area (Å²) in [6, 6.07) is 14.2. The summed E-state index contributed by atoms with van der Waals surface area (Å²) in [6.45, 7) is 1.53. The molecule has 3 aromatic rings. The highest BCUT2D eigenvalue weighted by Gasteiger charge is 2.36. The van der Waals surface area contributed by atoms with E-state index in [1.165, 1.54) is 12.4 Å². The van der Waals surface area contributed by atoms with Crippen LogP contribution in [0.5, 0.6) is 5.88 Å². The Morgan fingerprint density at radius 1 is 1.06 bits per heavy atom. The number of amides is 1. The van der Waals surface area contributed by atoms with Crippen molar-refractivity contribution in [3.63, 3.8) is 0 Å². The minimum absolute atomic E-state index is 0.0665. The molecule has 3 heterocycles. The predicted octanol–water partition coefficient (Wildman–Crippen LogP) is 5.63. The minimum Gasteiger partial charge on any atom is -0.478 e. The molecule has 0 N–H and O–H groups in total. The van der Waals surface area contributed by atoms with Gasteiger partial charge in [-0.3, -0.25) is 4.79 Å². The van der Waals surface area contributed by atoms with E-state index in [0.717, 1.165) is 5.56 Å². The van der Waals surface area contributed by atoms with Gasteiger partial charge in [-0.2, -0.15) is 5.26 Å². The average molecular weight is 502 g/mol. The monoisotopic (exact) mass is 500 g/mol. The first-order valence-corrected chi connectivity index (χ1v) is 11.4. The largest absolute Gasteiger partial charge is 0.478 e. The molecule has 9 heteroatoms. The number of hydrogen-bond donors (Lipinski definition) is 0. The van der Waals surface area contributed by atoms with Crippen LogP contribution < -0.4 is 4.74 Å². The Balaban J connectivity index is 1.50. The summed E-state index contributed by atoms with van der Waals surface area (Å²) in [4.78, 5) is 23.1. The highest BCUT2D eigenvalue weighted by molar-refractivity contribution is 6.42. The molecule has 1 aromatic carbocycles. The molecule has 4 rings (SSSR count). The van der Waals surface area contributed by atoms with Crippen LogP contribution in [0.15, 0.2) is 54.9 Å². The van der Waals surface area contributed by atoms with Crippen LogP contribution in [0.1, 0.15) is 34.0 Å². The van der Waals surface area contributed by atoms with E-state index in [4.69, 9.17) is 44.8 Å². The first-order valence-electron chi connectivity index (χ1n) is 10.3. The molecule has 2 aromatic heterocycles. The Morgan fingerprint density at radius 2 is 1.91 bits per heavy atom. The SMILES string of the molecule is N#Cc1ccc(C(=O)N2C[C@@H](CCOc3ccc(Cl)cn3)[C@H](c3ccc(Cl)c(Cl)c3)C2)cn1. The van der Waals surface area contributed by atoms with Crippen LogP contribution in [0.25, 0.3) is 0 Å². The Labute approximate surface area is 206 Å². The molecular formula is C24H19Cl3N4O2. The average Bonchev–Trinajstić information content (AvgIpc) is 3.26. The fourth-order valence-corrected chi connectivity index (χ4v) is 4.40. The second kappa shape index (κ2) is 10.4. The van der Waals surface area contributed by atoms with Crippen molar-refractivity contribution in [3.8, 4) is 11.9 Å². The Hall–Kier alpha value is -2.85. The quantitative estimate of drug-likeness (QED) is 0.437. The fraction of sp³-hybridized carbons (Fsp3) is 0.250. The second-order valence-corrected chi connectivity index (χ2v) is 9.00. The van der Waals surface area contributed by atoms with Gasteiger partial charge in [0.15, 0.2) is 0 Å². The molecule has 0 spiro atoms. The standard InChI is InChI=1S/C24H19Cl3N4O2/c25-18-3-6-23(30-12-18)33-8-7-17-13-31(24(32)16-1-4-19(10-28)29-11-16)14-20(17)15-2-5-21(26)22(27)9-15/h1-6,9,11-12,17,20H,7-8,13-14H2/t17-,20+/m1/s1. The number of benzene rings is 1. The molecule has 2 atom stereocenters. The molecule has 1 fully saturated rings. The number of nitriles is 1. The Morgan fingerprint density at radius 3 is 2.58 bits per heavy atom. The number of rotatable bonds is 6. The van der Waals surface area contributed by atoms with Crippen molar-refractivity contribution >= 4 is 40.7 Å². The van der Waals surface area contributed by atoms with E-state index >= 15 is 0 Å². The lowest BCUT2D eigenvalue weighted by atomic mass is 9.87. The third-order valence-corrected chi connectivity index (χ3v) is 6.63. The van der Waals surface area contributed by atoms with Crippen LogP contribution in [0.4, 0.5) is 0 Å². The van der Waals surface area contributed by atoms with Gasteiger partial charge in [-0.15, -0.1) is 0 Å². The molecular weight excluding hydrogens is 483 g/mol. The maximum atomic E-state index is 13.1. The predicted molar refractivity (Wildman–Crippen MR) is 127 cm³/mol. The highest BCUT2D eigenvalue weighted by atomic mass is 35.5. The number of carbonyl (C=O) groups is 1. The number of aromatic nitrogens is 2. The lowest BCUT2D eigenvalue weighted by molar-refractivity contribution is 0.0784. The van der Waals surface area contributed by atoms with Gasteiger partial charge < -0.3 is 9.64 Å². The van der Waals surface area contributed by atoms with Crippen molar-refractivity contribution in [2.75, 3.05) is 19.7 Å². The zero-order chi connectivity index (χ0) is 23.4. The van der Waals surface area contributed by atoms with E-state index in [2.05, 4.69) is 9.97 Å². The molecule has 1 aliphatic heterocycles. The van der Waals surface area contributed by atoms with E-state index in [0.29, 0.717) is 52.6 Å². The Kier molecular flexibility index (Phi) is 7.34. The first-order chi connectivity index (χ1) is 15.9. The number of halogens is 3. The highest BCUT2D eigenvalue weighted by Crippen LogP contribution is 2.37. The first kappa shape index (κ1) is 23.3. The normalized spacial score (nSPS) is 17.6. The van der Waals surface area contributed by atoms with Gasteiger partial charge in [0.05, 0.1) is 27.2 Å². The molecule has 0 radical (unpaired) electrons. The van der Waals surface area contributed by atoms with Crippen molar-refractivity contribution in [1.29, 1.82) is 5.26 Å². The number of carbonyl (C=O) groups excluding carboxylic acids is 1. The van der Waals surface area contributed by atoms with Gasteiger partial charge >= 0.3 is 0 Å². The third-order valence-electron chi connectivity index (χ3n) is 5.66. The van der Waals surface area contributed by atoms with Crippen molar-refractivity contribution in [2.45, 2.75) is 12.3 Å². The Bertz CT molecular complexity index is 1180. The second-order valence-electron chi connectivity index (χ2n) is 7.75. The number of likely N-dealkylation sites (tertiary alicyclic amines) is 1. The lowest BCUT2D eigenvalue weighted by Gasteiger charge is -2.19. The van der Waals surface area contributed by atoms with Crippen LogP contribution in [0.2, 0.25) is 15.1 Å². The van der Waals surface area contributed by atoms with E-state index in [1.54, 1.807) is 35.2 Å². The van der Waals surface area contributed by atoms with Crippen LogP contribution >= 0.6 is 34.8 Å². The van der Waals surface area contributed by atoms with Gasteiger partial charge in [-0.1, -0.05) is 40.9 Å². The summed E-state index contributed by atoms with van der Waals surface area (Å²) in [5, 5.41) is 10.5. The van der Waals surface area contributed by atoms with Gasteiger partial charge in [-0.05, 0) is 48.2 Å². The summed E-state index contributed by atoms with van der Waals surface area (Å²) in [5.41, 5.74) is 1.74. The van der Waals surface area contributed by atoms with E-state index < -0.39 is 0 Å². The smallest absolute Gasteiger partial charge is 0.255 e. The van der Waals surface area contributed by atoms with Crippen LogP contribution in [-0.4, -0.2) is 40.5 Å². The van der Waals surface area contributed by atoms with Crippen LogP contribution in [0, 0.1) is 17.2 Å². The maximum absolute atomic E-state index is 13.1. The van der Waals surface area contributed by atoms with Gasteiger partial charge in [0.2, 0.25) is 5.88 Å². The summed E-state index contributed by atoms with van der Waals surface area (Å²) in [5.74, 6) is 0.585. The van der Waals surface area contributed by atoms with Crippen LogP contribution in [-0.2, 0) is 0 Å². The van der Waals surface area contributed by atoms with Gasteiger partial charge in [-0.25, -0.2) is 9.97 Å². The lowest BCUT2D eigenvalue weighted by Crippen LogP contribution is -2.29. The van der Waals surface area contributed by atoms with Crippen molar-refractivity contribution in [3.05, 3.63) is 86.7 Å². The molecule has 0 aliphatic carbocycles. The van der Waals surface area contributed by atoms with Crippen molar-refractivity contribution < 1.29 is 9.53 Å². The minimum atomic E-state index is -0.125. The third kappa shape index (κ3) is 5.56. The molecule has 33 heavy (non-hydrogen) atoms. The summed E-state index contributed by atoms with van der Waals surface area (Å²) >= 11 is 18.3. The zero-order valence-electron chi connectivity index (χ0n) is 17.4. The summed E-state index contributed by atoms with van der Waals surface area (Å²) < 4.78 is 5.79. The molecule has 168 valence electrons. The maximum Gasteiger partial charge on any atom is 0.255 e. The molecule has 1 amide bonds. The van der Waals surface area contributed by atoms with Gasteiger partial charge in [0.25, 0.3) is 5.91 Å². The van der Waals surface area contributed by atoms with Crippen LogP contribution in [0.3, 0.4) is 0 Å². The molecule has 0 bridgehead atoms. The summed E-state index contributed by atoms with van der Waals surface area (Å²) in [7, 11) is 0. The van der Waals surface area contributed by atoms with E-state index in [9.17, 15) is 4.79 Å². The van der Waals surface area contributed by atoms with Gasteiger partial charge in [0.1, 0.15) is 11.8 Å². The number of hydrogen-bond acceptors (Lipinski definition) is 5. The zero-order valence-corrected chi connectivity index (χ0v) is 19.7. The number of ether oxygens (including phenoxy) is 1. The van der Waals surface area contributed by atoms with E-state index in [-0.39, 0.29) is 23.4 Å². The van der Waals surface area contributed by atoms with Gasteiger partial charge in [0, 0.05) is 37.5 Å². The molecule has 0 saturated carbocycles. The molecule has 6 nitrogen and oxygen atoms in total. The molecule has 1 aliphatic rings. The summed E-state index contributed by atoms with van der Waals surface area (Å²) in [6.07, 6.45) is 3.69. The number of nitrogens with zero attached hydrogens (tertiary/aromatic N) is 4. The number of pyridine rings is 2. The molecule has 0 unspecified atom stereocenters.